The summed E-state index contributed by atoms with van der Waals surface area (Å²) in [4.78, 5) is 36.9. The van der Waals surface area contributed by atoms with Crippen LogP contribution in [-0.2, 0) is 14.6 Å². The highest BCUT2D eigenvalue weighted by Crippen LogP contribution is 2.38. The van der Waals surface area contributed by atoms with Crippen LogP contribution >= 0.6 is 11.6 Å². The predicted octanol–water partition coefficient (Wildman–Crippen LogP) is 6.00. The summed E-state index contributed by atoms with van der Waals surface area (Å²) in [6, 6.07) is 6.73. The van der Waals surface area contributed by atoms with E-state index in [1.165, 1.54) is 6.08 Å². The fraction of sp³-hybridized carbons (Fsp3) is 0.515. The van der Waals surface area contributed by atoms with E-state index in [1.54, 1.807) is 29.3 Å². The molecule has 1 N–H and O–H groups in total. The Kier molecular flexibility index (Phi) is 9.60. The van der Waals surface area contributed by atoms with Gasteiger partial charge in [-0.15, -0.1) is 0 Å². The highest BCUT2D eigenvalue weighted by atomic mass is 35.5. The Morgan fingerprint density at radius 1 is 1.22 bits per heavy atom. The highest BCUT2D eigenvalue weighted by molar-refractivity contribution is 7.91. The molecule has 3 aromatic rings. The number of fused-ring (bicyclic) bond motifs is 1. The van der Waals surface area contributed by atoms with Gasteiger partial charge in [-0.1, -0.05) is 39.0 Å². The predicted molar refractivity (Wildman–Crippen MR) is 177 cm³/mol. The maximum Gasteiger partial charge on any atom is 0.258 e. The standard InChI is InChI=1S/C33H42ClN5O5S/c1-6-29(40)38-12-8-7-9-24(18-38)39-30-27(34)15-25(44-26-13-21(2)19-45(42,43)20-33(4,5)17-26)16-28(30)36-32(39)37-31(41)23-10-11-35-22(3)14-23/h6,10-11,14-16,21,24,26H,1,7-9,12-13,17-20H2,2-5H3,(H,36,37,41)/t21?,24-,26+/m1/s1. The molecule has 2 fully saturated rings. The maximum absolute atomic E-state index is 13.4. The van der Waals surface area contributed by atoms with Crippen molar-refractivity contribution in [2.24, 2.45) is 11.3 Å². The van der Waals surface area contributed by atoms with E-state index < -0.39 is 15.3 Å². The second-order valence-corrected chi connectivity index (χ2v) is 15.9. The normalized spacial score (nSPS) is 23.4. The minimum absolute atomic E-state index is 0.0513. The van der Waals surface area contributed by atoms with Gasteiger partial charge in [0.15, 0.2) is 9.84 Å². The first-order chi connectivity index (χ1) is 21.2. The molecular weight excluding hydrogens is 614 g/mol. The molecule has 0 spiro atoms. The Balaban J connectivity index is 1.53. The summed E-state index contributed by atoms with van der Waals surface area (Å²) in [5.74, 6) is 0.569. The highest BCUT2D eigenvalue weighted by Gasteiger charge is 2.35. The number of nitrogens with one attached hydrogen (secondary N) is 1. The Bertz CT molecular complexity index is 1720. The number of imidazole rings is 1. The van der Waals surface area contributed by atoms with Crippen molar-refractivity contribution in [2.45, 2.75) is 71.9 Å². The number of anilines is 1. The fourth-order valence-corrected chi connectivity index (χ4v) is 9.56. The number of benzene rings is 1. The summed E-state index contributed by atoms with van der Waals surface area (Å²) in [6.45, 7) is 12.4. The number of likely N-dealkylation sites (tertiary alicyclic amines) is 1. The lowest BCUT2D eigenvalue weighted by molar-refractivity contribution is -0.126. The number of carbonyl (C=O) groups is 2. The minimum Gasteiger partial charge on any atom is -0.490 e. The molecule has 0 aliphatic carbocycles. The van der Waals surface area contributed by atoms with E-state index in [0.717, 1.165) is 19.3 Å². The van der Waals surface area contributed by atoms with Crippen LogP contribution in [0.3, 0.4) is 0 Å². The van der Waals surface area contributed by atoms with Gasteiger partial charge in [0, 0.05) is 42.7 Å². The fourth-order valence-electron chi connectivity index (χ4n) is 6.84. The van der Waals surface area contributed by atoms with Crippen LogP contribution in [0.2, 0.25) is 5.02 Å². The molecule has 2 saturated heterocycles. The van der Waals surface area contributed by atoms with Crippen molar-refractivity contribution in [1.82, 2.24) is 19.4 Å². The summed E-state index contributed by atoms with van der Waals surface area (Å²) in [5.41, 5.74) is 1.90. The first kappa shape index (κ1) is 32.9. The van der Waals surface area contributed by atoms with Crippen LogP contribution in [0.5, 0.6) is 5.75 Å². The van der Waals surface area contributed by atoms with Crippen molar-refractivity contribution in [3.05, 3.63) is 59.4 Å². The average Bonchev–Trinajstić information content (AvgIpc) is 3.11. The zero-order valence-corrected chi connectivity index (χ0v) is 28.0. The number of aryl methyl sites for hydroxylation is 1. The van der Waals surface area contributed by atoms with E-state index in [1.807, 2.05) is 38.3 Å². The van der Waals surface area contributed by atoms with Crippen LogP contribution in [0.15, 0.2) is 43.1 Å². The molecule has 4 heterocycles. The van der Waals surface area contributed by atoms with Gasteiger partial charge in [0.2, 0.25) is 11.9 Å². The molecule has 45 heavy (non-hydrogen) atoms. The minimum atomic E-state index is -3.15. The zero-order valence-electron chi connectivity index (χ0n) is 26.4. The number of sulfone groups is 1. The van der Waals surface area contributed by atoms with Gasteiger partial charge in [-0.3, -0.25) is 19.9 Å². The molecule has 2 aromatic heterocycles. The topological polar surface area (TPSA) is 123 Å². The van der Waals surface area contributed by atoms with E-state index >= 15 is 0 Å². The molecule has 2 amide bonds. The number of nitrogens with zero attached hydrogens (tertiary/aromatic N) is 4. The Labute approximate surface area is 270 Å². The molecule has 3 atom stereocenters. The van der Waals surface area contributed by atoms with E-state index in [-0.39, 0.29) is 41.4 Å². The summed E-state index contributed by atoms with van der Waals surface area (Å²) in [7, 11) is -3.15. The zero-order chi connectivity index (χ0) is 32.5. The Hall–Kier alpha value is -3.44. The Morgan fingerprint density at radius 2 is 2.00 bits per heavy atom. The molecule has 10 nitrogen and oxygen atoms in total. The number of pyridine rings is 1. The first-order valence-electron chi connectivity index (χ1n) is 15.5. The number of carbonyl (C=O) groups excluding carboxylic acids is 2. The molecule has 242 valence electrons. The largest absolute Gasteiger partial charge is 0.490 e. The summed E-state index contributed by atoms with van der Waals surface area (Å²) < 4.78 is 33.7. The molecule has 12 heteroatoms. The number of rotatable bonds is 6. The third-order valence-corrected chi connectivity index (χ3v) is 11.1. The second-order valence-electron chi connectivity index (χ2n) is 13.4. The lowest BCUT2D eigenvalue weighted by Gasteiger charge is -2.34. The monoisotopic (exact) mass is 655 g/mol. The summed E-state index contributed by atoms with van der Waals surface area (Å²) in [5, 5.41) is 3.40. The molecule has 0 radical (unpaired) electrons. The third kappa shape index (κ3) is 7.87. The molecule has 0 saturated carbocycles. The summed E-state index contributed by atoms with van der Waals surface area (Å²) >= 11 is 7.00. The van der Waals surface area contributed by atoms with Crippen LogP contribution in [-0.4, -0.2) is 70.4 Å². The number of aromatic nitrogens is 3. The van der Waals surface area contributed by atoms with Crippen molar-refractivity contribution in [1.29, 1.82) is 0 Å². The molecule has 2 aliphatic rings. The molecule has 0 bridgehead atoms. The molecule has 2 aliphatic heterocycles. The van der Waals surface area contributed by atoms with E-state index in [2.05, 4.69) is 16.9 Å². The van der Waals surface area contributed by atoms with Crippen LogP contribution < -0.4 is 10.1 Å². The van der Waals surface area contributed by atoms with Crippen LogP contribution in [0.1, 0.15) is 75.0 Å². The van der Waals surface area contributed by atoms with Crippen LogP contribution in [0, 0.1) is 18.3 Å². The molecule has 1 unspecified atom stereocenters. The SMILES string of the molecule is C=CC(=O)N1CCCC[C@@H](n2c(NC(=O)c3ccnc(C)c3)nc3cc(O[C@H]4CC(C)CS(=O)(=O)CC(C)(C)C4)cc(Cl)c32)C1. The van der Waals surface area contributed by atoms with Gasteiger partial charge in [-0.2, -0.15) is 0 Å². The summed E-state index contributed by atoms with van der Waals surface area (Å²) in [6.07, 6.45) is 6.36. The number of hydrogen-bond acceptors (Lipinski definition) is 7. The molecule has 5 rings (SSSR count). The average molecular weight is 656 g/mol. The van der Waals surface area contributed by atoms with E-state index in [0.29, 0.717) is 64.9 Å². The van der Waals surface area contributed by atoms with E-state index in [4.69, 9.17) is 21.3 Å². The molecular formula is C33H42ClN5O5S. The van der Waals surface area contributed by atoms with Gasteiger partial charge in [-0.25, -0.2) is 13.4 Å². The third-order valence-electron chi connectivity index (χ3n) is 8.49. The van der Waals surface area contributed by atoms with Crippen molar-refractivity contribution < 1.29 is 22.7 Å². The van der Waals surface area contributed by atoms with Crippen molar-refractivity contribution in [3.8, 4) is 5.75 Å². The first-order valence-corrected chi connectivity index (χ1v) is 17.7. The number of ether oxygens (including phenoxy) is 1. The van der Waals surface area contributed by atoms with Gasteiger partial charge < -0.3 is 14.2 Å². The van der Waals surface area contributed by atoms with Gasteiger partial charge >= 0.3 is 0 Å². The van der Waals surface area contributed by atoms with Crippen LogP contribution in [0.25, 0.3) is 11.0 Å². The maximum atomic E-state index is 13.4. The number of amides is 2. The van der Waals surface area contributed by atoms with Crippen molar-refractivity contribution >= 4 is 50.2 Å². The van der Waals surface area contributed by atoms with Crippen molar-refractivity contribution in [2.75, 3.05) is 29.9 Å². The quantitative estimate of drug-likeness (QED) is 0.323. The molecule has 1 aromatic carbocycles. The van der Waals surface area contributed by atoms with Gasteiger partial charge in [0.05, 0.1) is 39.7 Å². The lowest BCUT2D eigenvalue weighted by Crippen LogP contribution is -2.37. The van der Waals surface area contributed by atoms with Gasteiger partial charge in [0.25, 0.3) is 5.91 Å². The van der Waals surface area contributed by atoms with E-state index in [9.17, 15) is 18.0 Å². The number of hydrogen-bond donors (Lipinski definition) is 1. The second kappa shape index (κ2) is 13.1. The van der Waals surface area contributed by atoms with Gasteiger partial charge in [-0.05, 0) is 68.6 Å². The Morgan fingerprint density at radius 3 is 2.73 bits per heavy atom. The lowest BCUT2D eigenvalue weighted by atomic mass is 9.86. The smallest absolute Gasteiger partial charge is 0.258 e. The number of halogens is 1. The van der Waals surface area contributed by atoms with Gasteiger partial charge in [0.1, 0.15) is 5.75 Å². The van der Waals surface area contributed by atoms with Crippen LogP contribution in [0.4, 0.5) is 5.95 Å². The van der Waals surface area contributed by atoms with Crippen molar-refractivity contribution in [3.63, 3.8) is 0 Å².